The van der Waals surface area contributed by atoms with Gasteiger partial charge in [-0.05, 0) is 30.9 Å². The maximum atomic E-state index is 12.1. The van der Waals surface area contributed by atoms with E-state index < -0.39 is 11.9 Å². The third-order valence-corrected chi connectivity index (χ3v) is 3.16. The maximum absolute atomic E-state index is 12.1. The van der Waals surface area contributed by atoms with Gasteiger partial charge in [0.05, 0.1) is 7.11 Å². The number of carbonyl (C=O) groups is 2. The highest BCUT2D eigenvalue weighted by molar-refractivity contribution is 6.10. The van der Waals surface area contributed by atoms with Crippen LogP contribution in [0.1, 0.15) is 27.9 Å². The minimum absolute atomic E-state index is 0.100. The van der Waals surface area contributed by atoms with Gasteiger partial charge in [-0.2, -0.15) is 0 Å². The highest BCUT2D eigenvalue weighted by Crippen LogP contribution is 2.28. The average Bonchev–Trinajstić information content (AvgIpc) is 2.30. The fourth-order valence-corrected chi connectivity index (χ4v) is 2.24. The molecule has 1 aliphatic carbocycles. The minimum atomic E-state index is -0.612. The Bertz CT molecular complexity index is 448. The SMILES string of the molecule is COC(=O)C1CCc2c(C)cccc2C1=O. The number of carbonyl (C=O) groups excluding carboxylic acids is 2. The summed E-state index contributed by atoms with van der Waals surface area (Å²) in [6.45, 7) is 1.99. The van der Waals surface area contributed by atoms with Crippen molar-refractivity contribution >= 4 is 11.8 Å². The van der Waals surface area contributed by atoms with Crippen molar-refractivity contribution in [3.63, 3.8) is 0 Å². The summed E-state index contributed by atoms with van der Waals surface area (Å²) in [7, 11) is 1.32. The molecule has 16 heavy (non-hydrogen) atoms. The third kappa shape index (κ3) is 1.62. The van der Waals surface area contributed by atoms with E-state index in [1.807, 2.05) is 19.1 Å². The average molecular weight is 218 g/mol. The second kappa shape index (κ2) is 4.08. The number of aryl methyl sites for hydroxylation is 1. The van der Waals surface area contributed by atoms with E-state index in [1.165, 1.54) is 7.11 Å². The molecule has 1 unspecified atom stereocenters. The van der Waals surface area contributed by atoms with E-state index in [4.69, 9.17) is 0 Å². The molecule has 3 heteroatoms. The van der Waals surface area contributed by atoms with Gasteiger partial charge in [0.15, 0.2) is 5.78 Å². The van der Waals surface area contributed by atoms with Crippen LogP contribution in [0.2, 0.25) is 0 Å². The van der Waals surface area contributed by atoms with Crippen LogP contribution in [-0.4, -0.2) is 18.9 Å². The molecule has 0 spiro atoms. The van der Waals surface area contributed by atoms with Crippen molar-refractivity contribution in [2.24, 2.45) is 5.92 Å². The maximum Gasteiger partial charge on any atom is 0.316 e. The van der Waals surface area contributed by atoms with Gasteiger partial charge < -0.3 is 4.74 Å². The zero-order valence-electron chi connectivity index (χ0n) is 9.45. The summed E-state index contributed by atoms with van der Waals surface area (Å²) in [6, 6.07) is 5.63. The van der Waals surface area contributed by atoms with Crippen molar-refractivity contribution < 1.29 is 14.3 Å². The van der Waals surface area contributed by atoms with Gasteiger partial charge in [-0.3, -0.25) is 9.59 Å². The molecule has 3 nitrogen and oxygen atoms in total. The quantitative estimate of drug-likeness (QED) is 0.534. The van der Waals surface area contributed by atoms with Crippen LogP contribution in [0.3, 0.4) is 0 Å². The van der Waals surface area contributed by atoms with Gasteiger partial charge in [0, 0.05) is 5.56 Å². The molecule has 1 aromatic rings. The summed E-state index contributed by atoms with van der Waals surface area (Å²) in [6.07, 6.45) is 1.33. The number of hydrogen-bond donors (Lipinski definition) is 0. The number of benzene rings is 1. The predicted molar refractivity (Wildman–Crippen MR) is 59.3 cm³/mol. The van der Waals surface area contributed by atoms with E-state index in [-0.39, 0.29) is 5.78 Å². The molecular formula is C13H14O3. The van der Waals surface area contributed by atoms with Crippen molar-refractivity contribution in [3.05, 3.63) is 34.9 Å². The molecule has 1 aliphatic rings. The molecule has 0 aliphatic heterocycles. The molecule has 0 saturated carbocycles. The van der Waals surface area contributed by atoms with E-state index in [0.29, 0.717) is 12.0 Å². The lowest BCUT2D eigenvalue weighted by molar-refractivity contribution is -0.143. The molecule has 0 aromatic heterocycles. The zero-order chi connectivity index (χ0) is 11.7. The number of esters is 1. The van der Waals surface area contributed by atoms with E-state index in [1.54, 1.807) is 6.07 Å². The number of rotatable bonds is 1. The Labute approximate surface area is 94.4 Å². The van der Waals surface area contributed by atoms with Crippen LogP contribution >= 0.6 is 0 Å². The lowest BCUT2D eigenvalue weighted by Gasteiger charge is -2.22. The summed E-state index contributed by atoms with van der Waals surface area (Å²) in [4.78, 5) is 23.5. The second-order valence-corrected chi connectivity index (χ2v) is 4.08. The van der Waals surface area contributed by atoms with E-state index in [0.717, 1.165) is 17.5 Å². The Kier molecular flexibility index (Phi) is 2.77. The van der Waals surface area contributed by atoms with Crippen molar-refractivity contribution in [1.29, 1.82) is 0 Å². The summed E-state index contributed by atoms with van der Waals surface area (Å²) < 4.78 is 4.65. The van der Waals surface area contributed by atoms with E-state index in [2.05, 4.69) is 4.74 Å². The summed E-state index contributed by atoms with van der Waals surface area (Å²) in [5.74, 6) is -1.13. The van der Waals surface area contributed by atoms with Gasteiger partial charge in [-0.25, -0.2) is 0 Å². The second-order valence-electron chi connectivity index (χ2n) is 4.08. The van der Waals surface area contributed by atoms with Gasteiger partial charge >= 0.3 is 5.97 Å². The van der Waals surface area contributed by atoms with E-state index >= 15 is 0 Å². The molecule has 0 bridgehead atoms. The van der Waals surface area contributed by atoms with Crippen LogP contribution in [0.15, 0.2) is 18.2 Å². The number of ketones is 1. The Morgan fingerprint density at radius 3 is 2.88 bits per heavy atom. The Balaban J connectivity index is 2.40. The predicted octanol–water partition coefficient (Wildman–Crippen LogP) is 1.91. The van der Waals surface area contributed by atoms with Crippen LogP contribution in [-0.2, 0) is 16.0 Å². The van der Waals surface area contributed by atoms with Gasteiger partial charge in [-0.15, -0.1) is 0 Å². The number of methoxy groups -OCH3 is 1. The van der Waals surface area contributed by atoms with Crippen molar-refractivity contribution in [1.82, 2.24) is 0 Å². The monoisotopic (exact) mass is 218 g/mol. The van der Waals surface area contributed by atoms with Crippen molar-refractivity contribution in [3.8, 4) is 0 Å². The summed E-state index contributed by atoms with van der Waals surface area (Å²) in [5, 5.41) is 0. The van der Waals surface area contributed by atoms with Gasteiger partial charge in [0.25, 0.3) is 0 Å². The highest BCUT2D eigenvalue weighted by atomic mass is 16.5. The molecular weight excluding hydrogens is 204 g/mol. The first kappa shape index (κ1) is 10.9. The van der Waals surface area contributed by atoms with Crippen molar-refractivity contribution in [2.75, 3.05) is 7.11 Å². The Morgan fingerprint density at radius 2 is 2.19 bits per heavy atom. The molecule has 0 N–H and O–H groups in total. The molecule has 0 saturated heterocycles. The molecule has 1 atom stereocenters. The smallest absolute Gasteiger partial charge is 0.316 e. The van der Waals surface area contributed by atoms with Gasteiger partial charge in [0.2, 0.25) is 0 Å². The van der Waals surface area contributed by atoms with E-state index in [9.17, 15) is 9.59 Å². The Hall–Kier alpha value is -1.64. The molecule has 84 valence electrons. The van der Waals surface area contributed by atoms with Crippen LogP contribution in [0.5, 0.6) is 0 Å². The van der Waals surface area contributed by atoms with Crippen LogP contribution in [0.25, 0.3) is 0 Å². The minimum Gasteiger partial charge on any atom is -0.468 e. The normalized spacial score (nSPS) is 19.1. The Morgan fingerprint density at radius 1 is 1.44 bits per heavy atom. The topological polar surface area (TPSA) is 43.4 Å². The fraction of sp³-hybridized carbons (Fsp3) is 0.385. The molecule has 0 radical (unpaired) electrons. The largest absolute Gasteiger partial charge is 0.468 e. The van der Waals surface area contributed by atoms with Crippen LogP contribution in [0.4, 0.5) is 0 Å². The number of ether oxygens (including phenoxy) is 1. The molecule has 0 fully saturated rings. The zero-order valence-corrected chi connectivity index (χ0v) is 9.45. The highest BCUT2D eigenvalue weighted by Gasteiger charge is 2.33. The molecule has 2 rings (SSSR count). The third-order valence-electron chi connectivity index (χ3n) is 3.16. The number of fused-ring (bicyclic) bond motifs is 1. The summed E-state index contributed by atoms with van der Waals surface area (Å²) in [5.41, 5.74) is 2.88. The number of Topliss-reactive ketones (excluding diaryl/α,β-unsaturated/α-hetero) is 1. The molecule has 0 amide bonds. The first-order valence-electron chi connectivity index (χ1n) is 5.35. The van der Waals surface area contributed by atoms with Gasteiger partial charge in [0.1, 0.15) is 5.92 Å². The lowest BCUT2D eigenvalue weighted by atomic mass is 9.81. The molecule has 1 aromatic carbocycles. The summed E-state index contributed by atoms with van der Waals surface area (Å²) >= 11 is 0. The van der Waals surface area contributed by atoms with Crippen LogP contribution in [0, 0.1) is 12.8 Å². The number of hydrogen-bond acceptors (Lipinski definition) is 3. The fourth-order valence-electron chi connectivity index (χ4n) is 2.24. The molecule has 0 heterocycles. The first-order valence-corrected chi connectivity index (χ1v) is 5.35. The van der Waals surface area contributed by atoms with Gasteiger partial charge in [-0.1, -0.05) is 18.2 Å². The first-order chi connectivity index (χ1) is 7.65. The lowest BCUT2D eigenvalue weighted by Crippen LogP contribution is -2.30. The van der Waals surface area contributed by atoms with Crippen molar-refractivity contribution in [2.45, 2.75) is 19.8 Å². The standard InChI is InChI=1S/C13H14O3/c1-8-4-3-5-10-9(8)6-7-11(12(10)14)13(15)16-2/h3-5,11H,6-7H2,1-2H3. The van der Waals surface area contributed by atoms with Crippen LogP contribution < -0.4 is 0 Å².